The molecule has 0 aliphatic heterocycles. The Hall–Kier alpha value is -2.54. The predicted octanol–water partition coefficient (Wildman–Crippen LogP) is 3.05. The molecule has 1 atom stereocenters. The van der Waals surface area contributed by atoms with Gasteiger partial charge in [0.05, 0.1) is 30.9 Å². The number of carbonyl (C=O) groups excluding carboxylic acids is 1. The first kappa shape index (κ1) is 20.8. The second kappa shape index (κ2) is 8.90. The molecule has 7 heteroatoms. The van der Waals surface area contributed by atoms with E-state index in [1.807, 2.05) is 13.8 Å². The fraction of sp³-hybridized carbons (Fsp3) is 0.350. The molecule has 6 nitrogen and oxygen atoms in total. The van der Waals surface area contributed by atoms with Gasteiger partial charge in [0.15, 0.2) is 9.84 Å². The Balaban J connectivity index is 2.02. The van der Waals surface area contributed by atoms with Crippen LogP contribution in [0, 0.1) is 6.92 Å². The van der Waals surface area contributed by atoms with Crippen LogP contribution in [0.15, 0.2) is 47.4 Å². The second-order valence-electron chi connectivity index (χ2n) is 6.28. The van der Waals surface area contributed by atoms with E-state index in [1.54, 1.807) is 56.7 Å². The maximum Gasteiger partial charge on any atom is 0.221 e. The van der Waals surface area contributed by atoms with E-state index in [-0.39, 0.29) is 29.0 Å². The van der Waals surface area contributed by atoms with Crippen LogP contribution >= 0.6 is 0 Å². The van der Waals surface area contributed by atoms with E-state index in [0.717, 1.165) is 11.1 Å². The molecule has 2 aromatic rings. The summed E-state index contributed by atoms with van der Waals surface area (Å²) in [6.45, 7) is 3.70. The van der Waals surface area contributed by atoms with Crippen LogP contribution in [0.25, 0.3) is 0 Å². The van der Waals surface area contributed by atoms with Gasteiger partial charge in [-0.1, -0.05) is 17.7 Å². The quantitative estimate of drug-likeness (QED) is 0.748. The van der Waals surface area contributed by atoms with Gasteiger partial charge in [0, 0.05) is 12.0 Å². The maximum atomic E-state index is 12.4. The topological polar surface area (TPSA) is 81.7 Å². The van der Waals surface area contributed by atoms with Crippen LogP contribution in [0.5, 0.6) is 11.5 Å². The Morgan fingerprint density at radius 3 is 2.33 bits per heavy atom. The van der Waals surface area contributed by atoms with Crippen molar-refractivity contribution < 1.29 is 22.7 Å². The molecule has 0 aromatic heterocycles. The van der Waals surface area contributed by atoms with Crippen LogP contribution in [0.2, 0.25) is 0 Å². The smallest absolute Gasteiger partial charge is 0.221 e. The van der Waals surface area contributed by atoms with Crippen LogP contribution in [0.1, 0.15) is 30.5 Å². The minimum atomic E-state index is -3.50. The van der Waals surface area contributed by atoms with E-state index in [1.165, 1.54) is 0 Å². The van der Waals surface area contributed by atoms with Crippen molar-refractivity contribution in [1.82, 2.24) is 5.32 Å². The van der Waals surface area contributed by atoms with Crippen LogP contribution < -0.4 is 14.8 Å². The molecule has 0 saturated carbocycles. The molecular weight excluding hydrogens is 366 g/mol. The van der Waals surface area contributed by atoms with Gasteiger partial charge < -0.3 is 14.8 Å². The van der Waals surface area contributed by atoms with E-state index in [4.69, 9.17) is 9.47 Å². The van der Waals surface area contributed by atoms with E-state index in [9.17, 15) is 13.2 Å². The van der Waals surface area contributed by atoms with Gasteiger partial charge in [0.2, 0.25) is 5.91 Å². The number of benzene rings is 2. The van der Waals surface area contributed by atoms with Crippen LogP contribution in [0.4, 0.5) is 0 Å². The van der Waals surface area contributed by atoms with Crippen LogP contribution in [-0.4, -0.2) is 34.3 Å². The van der Waals surface area contributed by atoms with Crippen molar-refractivity contribution >= 4 is 15.7 Å². The number of methoxy groups -OCH3 is 2. The van der Waals surface area contributed by atoms with Gasteiger partial charge in [-0.25, -0.2) is 8.42 Å². The summed E-state index contributed by atoms with van der Waals surface area (Å²) in [6, 6.07) is 11.6. The van der Waals surface area contributed by atoms with Crippen molar-refractivity contribution in [3.63, 3.8) is 0 Å². The first-order chi connectivity index (χ1) is 12.8. The number of carbonyl (C=O) groups is 1. The summed E-state index contributed by atoms with van der Waals surface area (Å²) in [5, 5.41) is 2.82. The average Bonchev–Trinajstić information content (AvgIpc) is 2.66. The molecule has 2 aromatic carbocycles. The number of aryl methyl sites for hydroxylation is 1. The summed E-state index contributed by atoms with van der Waals surface area (Å²) in [5.74, 6) is 0.678. The zero-order valence-electron chi connectivity index (χ0n) is 16.0. The normalized spacial score (nSPS) is 12.3. The number of rotatable bonds is 8. The zero-order valence-corrected chi connectivity index (χ0v) is 16.8. The Morgan fingerprint density at radius 1 is 1.07 bits per heavy atom. The largest absolute Gasteiger partial charge is 0.497 e. The molecule has 2 rings (SSSR count). The molecule has 1 amide bonds. The lowest BCUT2D eigenvalue weighted by Crippen LogP contribution is -2.28. The van der Waals surface area contributed by atoms with Crippen molar-refractivity contribution in [2.45, 2.75) is 31.2 Å². The Morgan fingerprint density at radius 2 is 1.74 bits per heavy atom. The average molecular weight is 391 g/mol. The standard InChI is InChI=1S/C20H25NO5S/c1-14-5-8-17(9-6-14)27(23,24)12-11-20(22)21-15(2)18-13-16(25-3)7-10-19(18)26-4/h5-10,13,15H,11-12H2,1-4H3,(H,21,22)/t15-/m1/s1. The van der Waals surface area contributed by atoms with Gasteiger partial charge in [0.25, 0.3) is 0 Å². The highest BCUT2D eigenvalue weighted by Gasteiger charge is 2.19. The zero-order chi connectivity index (χ0) is 20.0. The number of nitrogens with one attached hydrogen (secondary N) is 1. The summed E-state index contributed by atoms with van der Waals surface area (Å²) in [4.78, 5) is 12.5. The summed E-state index contributed by atoms with van der Waals surface area (Å²) in [5.41, 5.74) is 1.74. The highest BCUT2D eigenvalue weighted by atomic mass is 32.2. The molecule has 0 spiro atoms. The van der Waals surface area contributed by atoms with Gasteiger partial charge in [-0.15, -0.1) is 0 Å². The molecule has 0 aliphatic carbocycles. The van der Waals surface area contributed by atoms with Crippen molar-refractivity contribution in [1.29, 1.82) is 0 Å². The summed E-state index contributed by atoms with van der Waals surface area (Å²) < 4.78 is 35.3. The highest BCUT2D eigenvalue weighted by Crippen LogP contribution is 2.29. The van der Waals surface area contributed by atoms with Crippen LogP contribution in [-0.2, 0) is 14.6 Å². The molecule has 0 fully saturated rings. The van der Waals surface area contributed by atoms with E-state index in [2.05, 4.69) is 5.32 Å². The van der Waals surface area contributed by atoms with Gasteiger partial charge in [-0.3, -0.25) is 4.79 Å². The summed E-state index contributed by atoms with van der Waals surface area (Å²) in [6.07, 6.45) is -0.118. The third kappa shape index (κ3) is 5.47. The molecule has 0 heterocycles. The highest BCUT2D eigenvalue weighted by molar-refractivity contribution is 7.91. The van der Waals surface area contributed by atoms with Crippen LogP contribution in [0.3, 0.4) is 0 Å². The van der Waals surface area contributed by atoms with Gasteiger partial charge in [-0.2, -0.15) is 0 Å². The predicted molar refractivity (Wildman–Crippen MR) is 104 cm³/mol. The number of amides is 1. The molecule has 0 unspecified atom stereocenters. The Kier molecular flexibility index (Phi) is 6.85. The fourth-order valence-corrected chi connectivity index (χ4v) is 3.90. The monoisotopic (exact) mass is 391 g/mol. The molecule has 0 bridgehead atoms. The van der Waals surface area contributed by atoms with Gasteiger partial charge >= 0.3 is 0 Å². The fourth-order valence-electron chi connectivity index (χ4n) is 2.66. The lowest BCUT2D eigenvalue weighted by Gasteiger charge is -2.18. The lowest BCUT2D eigenvalue weighted by atomic mass is 10.1. The number of hydrogen-bond acceptors (Lipinski definition) is 5. The first-order valence-corrected chi connectivity index (χ1v) is 10.2. The summed E-state index contributed by atoms with van der Waals surface area (Å²) in [7, 11) is -0.392. The molecule has 146 valence electrons. The van der Waals surface area contributed by atoms with E-state index >= 15 is 0 Å². The molecule has 27 heavy (non-hydrogen) atoms. The third-order valence-corrected chi connectivity index (χ3v) is 5.99. The minimum absolute atomic E-state index is 0.118. The van der Waals surface area contributed by atoms with Crippen molar-refractivity contribution in [2.24, 2.45) is 0 Å². The van der Waals surface area contributed by atoms with Gasteiger partial charge in [0.1, 0.15) is 11.5 Å². The number of hydrogen-bond donors (Lipinski definition) is 1. The number of ether oxygens (including phenoxy) is 2. The van der Waals surface area contributed by atoms with Crippen molar-refractivity contribution in [2.75, 3.05) is 20.0 Å². The van der Waals surface area contributed by atoms with Crippen molar-refractivity contribution in [3.05, 3.63) is 53.6 Å². The molecule has 0 aliphatic rings. The number of sulfone groups is 1. The van der Waals surface area contributed by atoms with Gasteiger partial charge in [-0.05, 0) is 44.2 Å². The molecule has 0 saturated heterocycles. The summed E-state index contributed by atoms with van der Waals surface area (Å²) >= 11 is 0. The first-order valence-electron chi connectivity index (χ1n) is 8.57. The minimum Gasteiger partial charge on any atom is -0.497 e. The Bertz CT molecular complexity index is 891. The van der Waals surface area contributed by atoms with Crippen molar-refractivity contribution in [3.8, 4) is 11.5 Å². The SMILES string of the molecule is COc1ccc(OC)c([C@@H](C)NC(=O)CCS(=O)(=O)c2ccc(C)cc2)c1. The lowest BCUT2D eigenvalue weighted by molar-refractivity contribution is -0.121. The molecular formula is C20H25NO5S. The second-order valence-corrected chi connectivity index (χ2v) is 8.39. The van der Waals surface area contributed by atoms with E-state index in [0.29, 0.717) is 11.5 Å². The molecule has 0 radical (unpaired) electrons. The van der Waals surface area contributed by atoms with E-state index < -0.39 is 9.84 Å². The Labute approximate surface area is 160 Å². The molecule has 1 N–H and O–H groups in total. The third-order valence-electron chi connectivity index (χ3n) is 4.26. The maximum absolute atomic E-state index is 12.4.